The van der Waals surface area contributed by atoms with Crippen molar-refractivity contribution in [2.45, 2.75) is 37.5 Å². The molecule has 264 valence electrons. The van der Waals surface area contributed by atoms with Crippen LogP contribution in [0.3, 0.4) is 0 Å². The Kier molecular flexibility index (Phi) is 6.77. The molecular formula is C52H37F2N. The van der Waals surface area contributed by atoms with E-state index in [0.29, 0.717) is 0 Å². The van der Waals surface area contributed by atoms with E-state index in [1.54, 1.807) is 12.1 Å². The maximum Gasteiger partial charge on any atom is 0.123 e. The molecule has 11 rings (SSSR count). The summed E-state index contributed by atoms with van der Waals surface area (Å²) in [5, 5.41) is 0. The minimum atomic E-state index is -0.862. The van der Waals surface area contributed by atoms with Gasteiger partial charge in [0.15, 0.2) is 0 Å². The lowest BCUT2D eigenvalue weighted by Gasteiger charge is -2.36. The molecule has 0 unspecified atom stereocenters. The minimum Gasteiger partial charge on any atom is -0.314 e. The molecule has 7 aromatic rings. The van der Waals surface area contributed by atoms with Crippen molar-refractivity contribution in [1.29, 1.82) is 0 Å². The van der Waals surface area contributed by atoms with Crippen molar-refractivity contribution < 1.29 is 8.78 Å². The summed E-state index contributed by atoms with van der Waals surface area (Å²) in [6.45, 7) is 4.65. The van der Waals surface area contributed by atoms with E-state index in [-0.39, 0.29) is 17.0 Å². The van der Waals surface area contributed by atoms with Crippen LogP contribution in [0.2, 0.25) is 0 Å². The summed E-state index contributed by atoms with van der Waals surface area (Å²) in [7, 11) is 0. The Labute approximate surface area is 320 Å². The predicted molar refractivity (Wildman–Crippen MR) is 220 cm³/mol. The van der Waals surface area contributed by atoms with E-state index in [2.05, 4.69) is 146 Å². The second-order valence-corrected chi connectivity index (χ2v) is 15.8. The van der Waals surface area contributed by atoms with Crippen LogP contribution in [-0.4, -0.2) is 0 Å². The number of allylic oxidation sites excluding steroid dienone is 4. The number of hydrogen-bond donors (Lipinski definition) is 0. The van der Waals surface area contributed by atoms with Crippen molar-refractivity contribution in [3.8, 4) is 33.4 Å². The van der Waals surface area contributed by atoms with Gasteiger partial charge >= 0.3 is 0 Å². The van der Waals surface area contributed by atoms with Crippen LogP contribution in [0.5, 0.6) is 0 Å². The van der Waals surface area contributed by atoms with Gasteiger partial charge in [-0.05, 0) is 134 Å². The minimum absolute atomic E-state index is 0.175. The van der Waals surface area contributed by atoms with Crippen LogP contribution in [0.25, 0.3) is 39.0 Å². The molecule has 0 radical (unpaired) electrons. The van der Waals surface area contributed by atoms with Crippen LogP contribution in [0, 0.1) is 11.6 Å². The molecule has 7 aromatic carbocycles. The van der Waals surface area contributed by atoms with Crippen molar-refractivity contribution >= 4 is 16.9 Å². The fourth-order valence-corrected chi connectivity index (χ4v) is 10.4. The first-order valence-corrected chi connectivity index (χ1v) is 19.2. The van der Waals surface area contributed by atoms with Gasteiger partial charge in [-0.25, -0.2) is 8.78 Å². The Hall–Kier alpha value is -6.32. The van der Waals surface area contributed by atoms with Gasteiger partial charge in [0.05, 0.1) is 11.1 Å². The van der Waals surface area contributed by atoms with Crippen LogP contribution in [-0.2, 0) is 10.8 Å². The van der Waals surface area contributed by atoms with Crippen LogP contribution in [0.4, 0.5) is 20.2 Å². The SMILES string of the molecule is CC1(C)c2ccccc2-c2ccc(N(C3=CC4=C(CC3)c3ccccc3C43c4cc(F)ccc4-c4ccc(F)cc43)c3ccccc3-c3ccccc3)cc21. The molecule has 0 bridgehead atoms. The van der Waals surface area contributed by atoms with Crippen molar-refractivity contribution in [1.82, 2.24) is 0 Å². The molecule has 4 aliphatic rings. The standard InChI is InChI=1S/C52H37F2N/c1-51(2)44-17-9-6-15-38(44)40-26-22-35(30-46(40)51)55(50-19-11-8-14-37(50)32-12-4-3-5-13-32)36-23-27-43-39-16-7-10-18-45(39)52(49(43)31-36)47-28-33(53)20-24-41(47)42-25-21-34(54)29-48(42)52/h3-22,24-26,28-31H,23,27H2,1-2H3. The van der Waals surface area contributed by atoms with Gasteiger partial charge in [0.25, 0.3) is 0 Å². The largest absolute Gasteiger partial charge is 0.314 e. The van der Waals surface area contributed by atoms with E-state index >= 15 is 8.78 Å². The second-order valence-electron chi connectivity index (χ2n) is 15.8. The lowest BCUT2D eigenvalue weighted by atomic mass is 9.68. The highest BCUT2D eigenvalue weighted by atomic mass is 19.1. The Morgan fingerprint density at radius 2 is 1.04 bits per heavy atom. The molecule has 3 heteroatoms. The number of fused-ring (bicyclic) bond motifs is 12. The topological polar surface area (TPSA) is 3.24 Å². The lowest BCUT2D eigenvalue weighted by Crippen LogP contribution is -2.29. The monoisotopic (exact) mass is 713 g/mol. The highest BCUT2D eigenvalue weighted by molar-refractivity contribution is 5.97. The highest BCUT2D eigenvalue weighted by Crippen LogP contribution is 2.64. The van der Waals surface area contributed by atoms with Crippen molar-refractivity contribution in [2.75, 3.05) is 4.90 Å². The quantitative estimate of drug-likeness (QED) is 0.176. The smallest absolute Gasteiger partial charge is 0.123 e. The molecule has 55 heavy (non-hydrogen) atoms. The zero-order chi connectivity index (χ0) is 37.1. The molecule has 4 aliphatic carbocycles. The third kappa shape index (κ3) is 4.38. The van der Waals surface area contributed by atoms with Crippen molar-refractivity contribution in [3.05, 3.63) is 220 Å². The fraction of sp³-hybridized carbons (Fsp3) is 0.115. The van der Waals surface area contributed by atoms with E-state index in [1.165, 1.54) is 40.0 Å². The van der Waals surface area contributed by atoms with Crippen LogP contribution in [0.1, 0.15) is 60.1 Å². The number of nitrogens with zero attached hydrogens (tertiary/aromatic N) is 1. The Balaban J connectivity index is 1.19. The molecule has 0 aromatic heterocycles. The number of benzene rings is 7. The molecular weight excluding hydrogens is 677 g/mol. The van der Waals surface area contributed by atoms with Gasteiger partial charge in [-0.15, -0.1) is 0 Å². The Morgan fingerprint density at radius 3 is 1.76 bits per heavy atom. The number of anilines is 2. The molecule has 0 fully saturated rings. The summed E-state index contributed by atoms with van der Waals surface area (Å²) >= 11 is 0. The van der Waals surface area contributed by atoms with Gasteiger partial charge in [-0.2, -0.15) is 0 Å². The van der Waals surface area contributed by atoms with E-state index in [4.69, 9.17) is 0 Å². The van der Waals surface area contributed by atoms with E-state index in [0.717, 1.165) is 80.0 Å². The fourth-order valence-electron chi connectivity index (χ4n) is 10.4. The number of hydrogen-bond acceptors (Lipinski definition) is 1. The van der Waals surface area contributed by atoms with Crippen molar-refractivity contribution in [3.63, 3.8) is 0 Å². The first-order chi connectivity index (χ1) is 26.9. The first-order valence-electron chi connectivity index (χ1n) is 19.2. The number of rotatable bonds is 4. The maximum absolute atomic E-state index is 15.5. The van der Waals surface area contributed by atoms with Gasteiger partial charge in [-0.1, -0.05) is 129 Å². The zero-order valence-corrected chi connectivity index (χ0v) is 30.7. The lowest BCUT2D eigenvalue weighted by molar-refractivity contribution is 0.617. The van der Waals surface area contributed by atoms with Gasteiger partial charge < -0.3 is 4.90 Å². The summed E-state index contributed by atoms with van der Waals surface area (Å²) in [5.74, 6) is -0.587. The average Bonchev–Trinajstić information content (AvgIpc) is 3.76. The van der Waals surface area contributed by atoms with Crippen LogP contribution < -0.4 is 4.90 Å². The predicted octanol–water partition coefficient (Wildman–Crippen LogP) is 13.5. The van der Waals surface area contributed by atoms with Gasteiger partial charge in [-0.3, -0.25) is 0 Å². The zero-order valence-electron chi connectivity index (χ0n) is 30.7. The molecule has 1 spiro atoms. The van der Waals surface area contributed by atoms with E-state index in [1.807, 2.05) is 12.1 Å². The summed E-state index contributed by atoms with van der Waals surface area (Å²) in [6, 6.07) is 53.7. The molecule has 0 N–H and O–H groups in total. The second kappa shape index (κ2) is 11.6. The Morgan fingerprint density at radius 1 is 0.473 bits per heavy atom. The van der Waals surface area contributed by atoms with E-state index in [9.17, 15) is 0 Å². The molecule has 1 nitrogen and oxygen atoms in total. The molecule has 0 saturated heterocycles. The maximum atomic E-state index is 15.5. The average molecular weight is 714 g/mol. The number of para-hydroxylation sites is 1. The van der Waals surface area contributed by atoms with Crippen LogP contribution >= 0.6 is 0 Å². The first kappa shape index (κ1) is 32.1. The van der Waals surface area contributed by atoms with Crippen LogP contribution in [0.15, 0.2) is 175 Å². The highest BCUT2D eigenvalue weighted by Gasteiger charge is 2.53. The van der Waals surface area contributed by atoms with Gasteiger partial charge in [0.1, 0.15) is 11.6 Å². The summed E-state index contributed by atoms with van der Waals surface area (Å²) in [5.41, 5.74) is 18.0. The Bertz CT molecular complexity index is 2770. The van der Waals surface area contributed by atoms with E-state index < -0.39 is 5.41 Å². The van der Waals surface area contributed by atoms with Crippen molar-refractivity contribution in [2.24, 2.45) is 0 Å². The number of halogens is 2. The summed E-state index contributed by atoms with van der Waals surface area (Å²) in [4.78, 5) is 2.45. The molecule has 0 aliphatic heterocycles. The molecule has 0 amide bonds. The molecule has 0 heterocycles. The van der Waals surface area contributed by atoms with Gasteiger partial charge in [0, 0.05) is 22.4 Å². The molecule has 0 saturated carbocycles. The molecule has 0 atom stereocenters. The summed E-state index contributed by atoms with van der Waals surface area (Å²) < 4.78 is 31.0. The third-order valence-corrected chi connectivity index (χ3v) is 12.7. The van der Waals surface area contributed by atoms with Gasteiger partial charge in [0.2, 0.25) is 0 Å². The summed E-state index contributed by atoms with van der Waals surface area (Å²) in [6.07, 6.45) is 3.95. The third-order valence-electron chi connectivity index (χ3n) is 12.7. The normalized spacial score (nSPS) is 16.2.